The first kappa shape index (κ1) is 15.0. The van der Waals surface area contributed by atoms with Gasteiger partial charge in [0, 0.05) is 13.0 Å². The molecule has 0 unspecified atom stereocenters. The Bertz CT molecular complexity index is 763. The molecule has 23 heavy (non-hydrogen) atoms. The Balaban J connectivity index is 1.86. The summed E-state index contributed by atoms with van der Waals surface area (Å²) in [6.07, 6.45) is 0.357. The van der Waals surface area contributed by atoms with Crippen LogP contribution in [0.2, 0.25) is 0 Å². The number of urea groups is 1. The molecular weight excluding hydrogens is 297 g/mol. The number of hydrogen-bond donors (Lipinski definition) is 2. The molecule has 118 valence electrons. The highest BCUT2D eigenvalue weighted by molar-refractivity contribution is 5.94. The lowest BCUT2D eigenvalue weighted by atomic mass is 9.94. The molecule has 0 fully saturated rings. The number of carbonyl (C=O) groups is 2. The topological polar surface area (TPSA) is 75.4 Å². The number of primary amides is 1. The summed E-state index contributed by atoms with van der Waals surface area (Å²) in [5, 5.41) is 2.50. The number of nitrogens with two attached hydrogens (primary N) is 1. The van der Waals surface area contributed by atoms with Crippen LogP contribution >= 0.6 is 0 Å². The summed E-state index contributed by atoms with van der Waals surface area (Å²) in [5.41, 5.74) is 7.45. The van der Waals surface area contributed by atoms with Gasteiger partial charge < -0.3 is 16.0 Å². The van der Waals surface area contributed by atoms with Crippen molar-refractivity contribution >= 4 is 17.6 Å². The Morgan fingerprint density at radius 3 is 2.43 bits per heavy atom. The van der Waals surface area contributed by atoms with Gasteiger partial charge in [-0.1, -0.05) is 36.4 Å². The summed E-state index contributed by atoms with van der Waals surface area (Å²) < 4.78 is 13.7. The van der Waals surface area contributed by atoms with Gasteiger partial charge in [0.1, 0.15) is 11.9 Å². The highest BCUT2D eigenvalue weighted by Crippen LogP contribution is 2.24. The van der Waals surface area contributed by atoms with Crippen LogP contribution in [-0.4, -0.2) is 22.9 Å². The van der Waals surface area contributed by atoms with Gasteiger partial charge in [-0.05, 0) is 23.3 Å². The van der Waals surface area contributed by atoms with Crippen molar-refractivity contribution in [3.63, 3.8) is 0 Å². The van der Waals surface area contributed by atoms with E-state index in [1.54, 1.807) is 6.07 Å². The third-order valence-corrected chi connectivity index (χ3v) is 3.95. The second-order valence-electron chi connectivity index (χ2n) is 5.43. The van der Waals surface area contributed by atoms with Gasteiger partial charge in [-0.15, -0.1) is 0 Å². The maximum Gasteiger partial charge on any atom is 0.322 e. The largest absolute Gasteiger partial charge is 0.368 e. The van der Waals surface area contributed by atoms with Gasteiger partial charge in [-0.2, -0.15) is 0 Å². The molecular formula is C17H16FN3O2. The zero-order valence-corrected chi connectivity index (χ0v) is 12.3. The van der Waals surface area contributed by atoms with Gasteiger partial charge in [-0.25, -0.2) is 9.18 Å². The number of nitrogens with one attached hydrogen (secondary N) is 1. The number of halogens is 1. The van der Waals surface area contributed by atoms with E-state index in [-0.39, 0.29) is 12.2 Å². The number of amides is 3. The van der Waals surface area contributed by atoms with Crippen molar-refractivity contribution in [2.24, 2.45) is 5.73 Å². The third-order valence-electron chi connectivity index (χ3n) is 3.95. The van der Waals surface area contributed by atoms with Crippen molar-refractivity contribution < 1.29 is 14.0 Å². The zero-order valence-electron chi connectivity index (χ0n) is 12.3. The number of para-hydroxylation sites is 1. The van der Waals surface area contributed by atoms with Crippen LogP contribution in [0.4, 0.5) is 14.9 Å². The van der Waals surface area contributed by atoms with E-state index in [4.69, 9.17) is 5.73 Å². The Labute approximate surface area is 132 Å². The number of nitrogens with zero attached hydrogens (tertiary/aromatic N) is 1. The molecule has 0 saturated carbocycles. The van der Waals surface area contributed by atoms with E-state index in [0.717, 1.165) is 11.1 Å². The lowest BCUT2D eigenvalue weighted by molar-refractivity contribution is -0.122. The lowest BCUT2D eigenvalue weighted by Crippen LogP contribution is -2.52. The first-order chi connectivity index (χ1) is 11.1. The third kappa shape index (κ3) is 3.01. The van der Waals surface area contributed by atoms with E-state index in [0.29, 0.717) is 6.42 Å². The molecule has 2 aromatic rings. The van der Waals surface area contributed by atoms with Gasteiger partial charge in [-0.3, -0.25) is 4.79 Å². The molecule has 0 radical (unpaired) electrons. The molecule has 5 nitrogen and oxygen atoms in total. The Hall–Kier alpha value is -2.89. The molecule has 3 N–H and O–H groups in total. The molecule has 0 aromatic heterocycles. The van der Waals surface area contributed by atoms with Crippen LogP contribution in [0.25, 0.3) is 0 Å². The first-order valence-corrected chi connectivity index (χ1v) is 7.24. The van der Waals surface area contributed by atoms with Crippen molar-refractivity contribution in [1.82, 2.24) is 4.90 Å². The quantitative estimate of drug-likeness (QED) is 0.892. The number of carbonyl (C=O) groups excluding carboxylic acids is 2. The standard InChI is InChI=1S/C17H16FN3O2/c18-13-7-3-4-8-14(13)20-17(23)21-10-12-6-2-1-5-11(12)9-15(21)16(19)22/h1-8,15H,9-10H2,(H2,19,22)(H,20,23)/t15-/m0/s1. The molecule has 0 bridgehead atoms. The van der Waals surface area contributed by atoms with Gasteiger partial charge in [0.05, 0.1) is 5.69 Å². The van der Waals surface area contributed by atoms with Crippen LogP contribution in [0, 0.1) is 5.82 Å². The highest BCUT2D eigenvalue weighted by Gasteiger charge is 2.33. The molecule has 3 rings (SSSR count). The summed E-state index contributed by atoms with van der Waals surface area (Å²) >= 11 is 0. The van der Waals surface area contributed by atoms with Crippen LogP contribution in [0.3, 0.4) is 0 Å². The average molecular weight is 313 g/mol. The van der Waals surface area contributed by atoms with Crippen molar-refractivity contribution in [2.75, 3.05) is 5.32 Å². The highest BCUT2D eigenvalue weighted by atomic mass is 19.1. The van der Waals surface area contributed by atoms with E-state index >= 15 is 0 Å². The molecule has 2 aromatic carbocycles. The lowest BCUT2D eigenvalue weighted by Gasteiger charge is -2.35. The minimum absolute atomic E-state index is 0.0691. The van der Waals surface area contributed by atoms with E-state index in [1.165, 1.54) is 23.1 Å². The smallest absolute Gasteiger partial charge is 0.322 e. The average Bonchev–Trinajstić information content (AvgIpc) is 2.55. The van der Waals surface area contributed by atoms with E-state index < -0.39 is 23.8 Å². The second-order valence-corrected chi connectivity index (χ2v) is 5.43. The number of anilines is 1. The van der Waals surface area contributed by atoms with Crippen LogP contribution in [0.15, 0.2) is 48.5 Å². The Kier molecular flexibility index (Phi) is 3.97. The van der Waals surface area contributed by atoms with Gasteiger partial charge in [0.2, 0.25) is 5.91 Å². The number of rotatable bonds is 2. The molecule has 1 atom stereocenters. The normalized spacial score (nSPS) is 16.6. The van der Waals surface area contributed by atoms with Crippen LogP contribution in [0.5, 0.6) is 0 Å². The van der Waals surface area contributed by atoms with E-state index in [1.807, 2.05) is 24.3 Å². The summed E-state index contributed by atoms with van der Waals surface area (Å²) in [6.45, 7) is 0.254. The SMILES string of the molecule is NC(=O)[C@@H]1Cc2ccccc2CN1C(=O)Nc1ccccc1F. The predicted octanol–water partition coefficient (Wildman–Crippen LogP) is 2.27. The molecule has 3 amide bonds. The van der Waals surface area contributed by atoms with Crippen molar-refractivity contribution in [1.29, 1.82) is 0 Å². The maximum atomic E-state index is 13.7. The summed E-state index contributed by atoms with van der Waals surface area (Å²) in [6, 6.07) is 12.1. The first-order valence-electron chi connectivity index (χ1n) is 7.24. The van der Waals surface area contributed by atoms with Crippen molar-refractivity contribution in [3.8, 4) is 0 Å². The Morgan fingerprint density at radius 1 is 1.09 bits per heavy atom. The minimum Gasteiger partial charge on any atom is -0.368 e. The zero-order chi connectivity index (χ0) is 16.4. The van der Waals surface area contributed by atoms with Crippen molar-refractivity contribution in [3.05, 3.63) is 65.5 Å². The number of benzene rings is 2. The van der Waals surface area contributed by atoms with Gasteiger partial charge in [0.25, 0.3) is 0 Å². The molecule has 0 spiro atoms. The molecule has 1 aliphatic heterocycles. The predicted molar refractivity (Wildman–Crippen MR) is 84.1 cm³/mol. The summed E-state index contributed by atoms with van der Waals surface area (Å²) in [5.74, 6) is -1.11. The van der Waals surface area contributed by atoms with Crippen LogP contribution in [-0.2, 0) is 17.8 Å². The molecule has 1 aliphatic rings. The fraction of sp³-hybridized carbons (Fsp3) is 0.176. The Morgan fingerprint density at radius 2 is 1.74 bits per heavy atom. The van der Waals surface area contributed by atoms with E-state index in [9.17, 15) is 14.0 Å². The monoisotopic (exact) mass is 313 g/mol. The van der Waals surface area contributed by atoms with Crippen LogP contribution < -0.4 is 11.1 Å². The fourth-order valence-corrected chi connectivity index (χ4v) is 2.74. The van der Waals surface area contributed by atoms with Crippen molar-refractivity contribution in [2.45, 2.75) is 19.0 Å². The fourth-order valence-electron chi connectivity index (χ4n) is 2.74. The number of hydrogen-bond acceptors (Lipinski definition) is 2. The number of fused-ring (bicyclic) bond motifs is 1. The van der Waals surface area contributed by atoms with Gasteiger partial charge in [0.15, 0.2) is 0 Å². The van der Waals surface area contributed by atoms with Crippen LogP contribution in [0.1, 0.15) is 11.1 Å². The molecule has 0 aliphatic carbocycles. The maximum absolute atomic E-state index is 13.7. The summed E-state index contributed by atoms with van der Waals surface area (Å²) in [4.78, 5) is 25.6. The molecule has 0 saturated heterocycles. The van der Waals surface area contributed by atoms with Gasteiger partial charge >= 0.3 is 6.03 Å². The second kappa shape index (κ2) is 6.08. The minimum atomic E-state index is -0.753. The molecule has 6 heteroatoms. The molecule has 1 heterocycles. The summed E-state index contributed by atoms with van der Waals surface area (Å²) in [7, 11) is 0. The van der Waals surface area contributed by atoms with E-state index in [2.05, 4.69) is 5.32 Å².